The molecule has 2 aromatic carbocycles. The molecular weight excluding hydrogens is 434 g/mol. The first-order chi connectivity index (χ1) is 13.9. The molecule has 1 aliphatic rings. The van der Waals surface area contributed by atoms with Gasteiger partial charge in [-0.25, -0.2) is 8.42 Å². The summed E-state index contributed by atoms with van der Waals surface area (Å²) in [4.78, 5) is 25.1. The predicted molar refractivity (Wildman–Crippen MR) is 112 cm³/mol. The molecule has 0 radical (unpaired) electrons. The second-order valence-corrected chi connectivity index (χ2v) is 9.80. The van der Waals surface area contributed by atoms with Crippen molar-refractivity contribution >= 4 is 45.2 Å². The fourth-order valence-corrected chi connectivity index (χ4v) is 5.11. The molecule has 1 aliphatic heterocycles. The van der Waals surface area contributed by atoms with Crippen LogP contribution in [0.1, 0.15) is 23.2 Å². The molecule has 0 spiro atoms. The van der Waals surface area contributed by atoms with Crippen LogP contribution in [0.15, 0.2) is 58.3 Å². The van der Waals surface area contributed by atoms with Crippen LogP contribution in [0, 0.1) is 0 Å². The summed E-state index contributed by atoms with van der Waals surface area (Å²) in [5.41, 5.74) is 4.91. The summed E-state index contributed by atoms with van der Waals surface area (Å²) in [5.74, 6) is -0.777. The van der Waals surface area contributed by atoms with Crippen molar-refractivity contribution in [3.05, 3.63) is 59.1 Å². The number of amides is 2. The number of carbonyl (C=O) groups is 2. The number of benzene rings is 2. The number of hydrogen-bond donors (Lipinski definition) is 2. The minimum absolute atomic E-state index is 0.120. The third-order valence-corrected chi connectivity index (χ3v) is 7.50. The van der Waals surface area contributed by atoms with Gasteiger partial charge in [-0.1, -0.05) is 11.6 Å². The van der Waals surface area contributed by atoms with Crippen molar-refractivity contribution in [2.45, 2.75) is 22.6 Å². The maximum absolute atomic E-state index is 12.5. The average molecular weight is 454 g/mol. The topological polar surface area (TPSA) is 95.6 Å². The van der Waals surface area contributed by atoms with Crippen LogP contribution >= 0.6 is 23.4 Å². The van der Waals surface area contributed by atoms with E-state index in [0.29, 0.717) is 18.1 Å². The summed E-state index contributed by atoms with van der Waals surface area (Å²) < 4.78 is 26.4. The molecule has 10 heteroatoms. The molecule has 0 aromatic heterocycles. The average Bonchev–Trinajstić information content (AvgIpc) is 3.27. The highest BCUT2D eigenvalue weighted by atomic mass is 35.5. The Morgan fingerprint density at radius 1 is 0.966 bits per heavy atom. The Morgan fingerprint density at radius 2 is 1.59 bits per heavy atom. The first-order valence-corrected chi connectivity index (χ1v) is 11.7. The van der Waals surface area contributed by atoms with E-state index in [9.17, 15) is 18.0 Å². The van der Waals surface area contributed by atoms with Gasteiger partial charge in [0.15, 0.2) is 0 Å². The zero-order valence-corrected chi connectivity index (χ0v) is 17.8. The van der Waals surface area contributed by atoms with Gasteiger partial charge in [-0.3, -0.25) is 20.4 Å². The molecule has 7 nitrogen and oxygen atoms in total. The summed E-state index contributed by atoms with van der Waals surface area (Å²) in [6, 6.07) is 12.7. The molecule has 2 aromatic rings. The van der Waals surface area contributed by atoms with Gasteiger partial charge < -0.3 is 0 Å². The number of nitrogens with zero attached hydrogens (tertiary/aromatic N) is 1. The highest BCUT2D eigenvalue weighted by Crippen LogP contribution is 2.21. The molecule has 1 fully saturated rings. The number of rotatable bonds is 6. The lowest BCUT2D eigenvalue weighted by Crippen LogP contribution is -2.42. The minimum Gasteiger partial charge on any atom is -0.272 e. The largest absolute Gasteiger partial charge is 0.272 e. The molecule has 1 saturated heterocycles. The fourth-order valence-electron chi connectivity index (χ4n) is 2.77. The number of thioether (sulfide) groups is 1. The van der Waals surface area contributed by atoms with Crippen LogP contribution in [0.3, 0.4) is 0 Å². The van der Waals surface area contributed by atoms with E-state index in [0.717, 1.165) is 17.7 Å². The number of hydrazine groups is 1. The molecule has 0 aliphatic carbocycles. The number of hydrogen-bond acceptors (Lipinski definition) is 5. The summed E-state index contributed by atoms with van der Waals surface area (Å²) in [6.07, 6.45) is 1.71. The van der Waals surface area contributed by atoms with E-state index in [4.69, 9.17) is 11.6 Å². The minimum atomic E-state index is -3.52. The van der Waals surface area contributed by atoms with E-state index < -0.39 is 15.9 Å². The Labute approximate surface area is 178 Å². The van der Waals surface area contributed by atoms with Crippen molar-refractivity contribution in [1.82, 2.24) is 15.2 Å². The first-order valence-electron chi connectivity index (χ1n) is 8.94. The van der Waals surface area contributed by atoms with Gasteiger partial charge in [0.05, 0.1) is 10.6 Å². The van der Waals surface area contributed by atoms with Crippen LogP contribution < -0.4 is 10.9 Å². The monoisotopic (exact) mass is 453 g/mol. The molecule has 2 amide bonds. The van der Waals surface area contributed by atoms with Gasteiger partial charge in [0.1, 0.15) is 0 Å². The van der Waals surface area contributed by atoms with Crippen LogP contribution in [-0.4, -0.2) is 43.4 Å². The van der Waals surface area contributed by atoms with E-state index in [1.54, 1.807) is 24.3 Å². The number of carbonyl (C=O) groups excluding carboxylic acids is 2. The zero-order valence-electron chi connectivity index (χ0n) is 15.4. The third-order valence-electron chi connectivity index (χ3n) is 4.32. The van der Waals surface area contributed by atoms with Gasteiger partial charge in [0.2, 0.25) is 15.9 Å². The number of sulfonamides is 1. The van der Waals surface area contributed by atoms with Crippen molar-refractivity contribution in [1.29, 1.82) is 0 Å². The highest BCUT2D eigenvalue weighted by molar-refractivity contribution is 8.00. The smallest absolute Gasteiger partial charge is 0.269 e. The van der Waals surface area contributed by atoms with E-state index in [1.807, 2.05) is 0 Å². The quantitative estimate of drug-likeness (QED) is 0.518. The Balaban J connectivity index is 1.50. The Kier molecular flexibility index (Phi) is 7.18. The lowest BCUT2D eigenvalue weighted by molar-refractivity contribution is -0.119. The van der Waals surface area contributed by atoms with Crippen LogP contribution in [0.25, 0.3) is 0 Å². The van der Waals surface area contributed by atoms with Gasteiger partial charge >= 0.3 is 0 Å². The summed E-state index contributed by atoms with van der Waals surface area (Å²) in [5, 5.41) is 0.616. The Morgan fingerprint density at radius 3 is 2.21 bits per heavy atom. The number of nitrogens with one attached hydrogen (secondary N) is 2. The van der Waals surface area contributed by atoms with Gasteiger partial charge in [-0.2, -0.15) is 4.31 Å². The summed E-state index contributed by atoms with van der Waals surface area (Å²) >= 11 is 7.12. The van der Waals surface area contributed by atoms with Crippen molar-refractivity contribution in [2.24, 2.45) is 0 Å². The van der Waals surface area contributed by atoms with Crippen molar-refractivity contribution in [3.8, 4) is 0 Å². The Bertz CT molecular complexity index is 974. The normalized spacial score (nSPS) is 14.5. The molecule has 3 rings (SSSR count). The molecular formula is C19H20ClN3O4S2. The molecule has 0 bridgehead atoms. The predicted octanol–water partition coefficient (Wildman–Crippen LogP) is 2.68. The molecule has 154 valence electrons. The highest BCUT2D eigenvalue weighted by Gasteiger charge is 2.27. The lowest BCUT2D eigenvalue weighted by Gasteiger charge is -2.15. The number of halogens is 1. The van der Waals surface area contributed by atoms with Crippen molar-refractivity contribution in [2.75, 3.05) is 18.8 Å². The maximum atomic E-state index is 12.5. The van der Waals surface area contributed by atoms with Crippen molar-refractivity contribution < 1.29 is 18.0 Å². The van der Waals surface area contributed by atoms with Gasteiger partial charge in [0.25, 0.3) is 5.91 Å². The molecule has 0 unspecified atom stereocenters. The first kappa shape index (κ1) is 21.6. The third kappa shape index (κ3) is 5.72. The van der Waals surface area contributed by atoms with Crippen LogP contribution in [0.4, 0.5) is 0 Å². The van der Waals surface area contributed by atoms with Crippen LogP contribution in [0.2, 0.25) is 5.02 Å². The van der Waals surface area contributed by atoms with Crippen LogP contribution in [-0.2, 0) is 14.8 Å². The molecule has 1 heterocycles. The molecule has 0 saturated carbocycles. The van der Waals surface area contributed by atoms with Gasteiger partial charge in [0, 0.05) is 28.6 Å². The summed E-state index contributed by atoms with van der Waals surface area (Å²) in [7, 11) is -3.52. The van der Waals surface area contributed by atoms with E-state index in [-0.39, 0.29) is 22.1 Å². The van der Waals surface area contributed by atoms with Crippen LogP contribution in [0.5, 0.6) is 0 Å². The Hall–Kier alpha value is -2.07. The van der Waals surface area contributed by atoms with E-state index >= 15 is 0 Å². The summed E-state index contributed by atoms with van der Waals surface area (Å²) in [6.45, 7) is 1.04. The molecule has 0 atom stereocenters. The van der Waals surface area contributed by atoms with Gasteiger partial charge in [-0.15, -0.1) is 11.8 Å². The fraction of sp³-hybridized carbons (Fsp3) is 0.263. The second-order valence-electron chi connectivity index (χ2n) is 6.38. The zero-order chi connectivity index (χ0) is 20.9. The van der Waals surface area contributed by atoms with E-state index in [2.05, 4.69) is 10.9 Å². The molecule has 2 N–H and O–H groups in total. The molecule has 29 heavy (non-hydrogen) atoms. The second kappa shape index (κ2) is 9.62. The lowest BCUT2D eigenvalue weighted by atomic mass is 10.2. The van der Waals surface area contributed by atoms with E-state index in [1.165, 1.54) is 40.3 Å². The van der Waals surface area contributed by atoms with Gasteiger partial charge in [-0.05, 0) is 61.4 Å². The maximum Gasteiger partial charge on any atom is 0.269 e. The standard InChI is InChI=1S/C19H20ClN3O4S2/c20-15-5-7-16(8-6-15)28-13-18(24)21-22-19(25)14-3-9-17(10-4-14)29(26,27)23-11-1-2-12-23/h3-10H,1-2,11-13H2,(H,21,24)(H,22,25). The van der Waals surface area contributed by atoms with Crippen molar-refractivity contribution in [3.63, 3.8) is 0 Å². The SMILES string of the molecule is O=C(CSc1ccc(Cl)cc1)NNC(=O)c1ccc(S(=O)(=O)N2CCCC2)cc1.